The molecule has 1 saturated carbocycles. The molecule has 0 unspecified atom stereocenters. The van der Waals surface area contributed by atoms with Gasteiger partial charge in [-0.15, -0.1) is 0 Å². The number of nitrogens with zero attached hydrogens (tertiary/aromatic N) is 3. The molecule has 2 aliphatic rings. The van der Waals surface area contributed by atoms with Crippen molar-refractivity contribution in [2.24, 2.45) is 5.92 Å². The highest BCUT2D eigenvalue weighted by Gasteiger charge is 2.30. The van der Waals surface area contributed by atoms with E-state index in [0.717, 1.165) is 73.9 Å². The zero-order valence-corrected chi connectivity index (χ0v) is 16.4. The molecule has 0 bridgehead atoms. The van der Waals surface area contributed by atoms with E-state index in [1.54, 1.807) is 11.3 Å². The van der Waals surface area contributed by atoms with Crippen molar-refractivity contribution in [3.8, 4) is 0 Å². The number of anilines is 1. The summed E-state index contributed by atoms with van der Waals surface area (Å²) in [7, 11) is 0. The smallest absolute Gasteiger partial charge is 0.231 e. The SMILES string of the molecule is O=C(C1CCCC1)N(CCN1CCOCC1)c1nc2c(Cl)cccc2s1. The lowest BCUT2D eigenvalue weighted by molar-refractivity contribution is -0.122. The normalized spacial score (nSPS) is 19.3. The number of halogens is 1. The van der Waals surface area contributed by atoms with Gasteiger partial charge in [-0.05, 0) is 25.0 Å². The van der Waals surface area contributed by atoms with Gasteiger partial charge in [0.15, 0.2) is 5.13 Å². The molecule has 7 heteroatoms. The third-order valence-electron chi connectivity index (χ3n) is 5.30. The van der Waals surface area contributed by atoms with Crippen molar-refractivity contribution >= 4 is 44.2 Å². The molecule has 26 heavy (non-hydrogen) atoms. The maximum absolute atomic E-state index is 13.2. The minimum absolute atomic E-state index is 0.141. The minimum atomic E-state index is 0.141. The first-order valence-corrected chi connectivity index (χ1v) is 10.6. The minimum Gasteiger partial charge on any atom is -0.379 e. The highest BCUT2D eigenvalue weighted by atomic mass is 35.5. The maximum Gasteiger partial charge on any atom is 0.231 e. The Balaban J connectivity index is 1.57. The quantitative estimate of drug-likeness (QED) is 0.775. The summed E-state index contributed by atoms with van der Waals surface area (Å²) in [5.74, 6) is 0.369. The molecule has 2 heterocycles. The van der Waals surface area contributed by atoms with Crippen LogP contribution in [-0.2, 0) is 9.53 Å². The molecule has 1 aliphatic heterocycles. The predicted molar refractivity (Wildman–Crippen MR) is 106 cm³/mol. The molecule has 2 fully saturated rings. The van der Waals surface area contributed by atoms with Crippen LogP contribution >= 0.6 is 22.9 Å². The number of para-hydroxylation sites is 1. The van der Waals surface area contributed by atoms with E-state index in [-0.39, 0.29) is 11.8 Å². The van der Waals surface area contributed by atoms with Gasteiger partial charge in [-0.1, -0.05) is 41.8 Å². The van der Waals surface area contributed by atoms with Crippen LogP contribution in [0.1, 0.15) is 25.7 Å². The molecule has 140 valence electrons. The van der Waals surface area contributed by atoms with Crippen molar-refractivity contribution in [2.45, 2.75) is 25.7 Å². The third kappa shape index (κ3) is 3.88. The molecular weight excluding hydrogens is 370 g/mol. The molecule has 2 aromatic rings. The first-order valence-electron chi connectivity index (χ1n) is 9.39. The molecule has 4 rings (SSSR count). The van der Waals surface area contributed by atoms with Crippen LogP contribution in [0, 0.1) is 5.92 Å². The van der Waals surface area contributed by atoms with E-state index in [1.165, 1.54) is 0 Å². The Bertz CT molecular complexity index is 769. The van der Waals surface area contributed by atoms with Crippen LogP contribution in [-0.4, -0.2) is 55.2 Å². The van der Waals surface area contributed by atoms with Gasteiger partial charge in [-0.25, -0.2) is 4.98 Å². The van der Waals surface area contributed by atoms with Crippen molar-refractivity contribution in [3.63, 3.8) is 0 Å². The van der Waals surface area contributed by atoms with Gasteiger partial charge in [0.05, 0.1) is 22.9 Å². The van der Waals surface area contributed by atoms with Crippen LogP contribution in [0.3, 0.4) is 0 Å². The first kappa shape index (κ1) is 18.2. The Morgan fingerprint density at radius 1 is 1.31 bits per heavy atom. The first-order chi connectivity index (χ1) is 12.7. The zero-order valence-electron chi connectivity index (χ0n) is 14.8. The molecule has 0 radical (unpaired) electrons. The molecule has 5 nitrogen and oxygen atoms in total. The number of fused-ring (bicyclic) bond motifs is 1. The Labute approximate surface area is 162 Å². The van der Waals surface area contributed by atoms with Gasteiger partial charge >= 0.3 is 0 Å². The Morgan fingerprint density at radius 2 is 2.08 bits per heavy atom. The van der Waals surface area contributed by atoms with Gasteiger partial charge in [-0.2, -0.15) is 0 Å². The van der Waals surface area contributed by atoms with Gasteiger partial charge in [0.25, 0.3) is 0 Å². The predicted octanol–water partition coefficient (Wildman–Crippen LogP) is 3.81. The fraction of sp³-hybridized carbons (Fsp3) is 0.579. The maximum atomic E-state index is 13.2. The number of carbonyl (C=O) groups is 1. The topological polar surface area (TPSA) is 45.7 Å². The summed E-state index contributed by atoms with van der Waals surface area (Å²) in [5.41, 5.74) is 0.796. The van der Waals surface area contributed by atoms with Crippen LogP contribution in [0.5, 0.6) is 0 Å². The summed E-state index contributed by atoms with van der Waals surface area (Å²) >= 11 is 7.86. The number of thiazole rings is 1. The number of aromatic nitrogens is 1. The van der Waals surface area contributed by atoms with E-state index < -0.39 is 0 Å². The highest BCUT2D eigenvalue weighted by molar-refractivity contribution is 7.22. The molecular formula is C19H24ClN3O2S. The summed E-state index contributed by atoms with van der Waals surface area (Å²) in [6, 6.07) is 5.80. The van der Waals surface area contributed by atoms with E-state index in [2.05, 4.69) is 4.90 Å². The molecule has 1 aromatic carbocycles. The van der Waals surface area contributed by atoms with Gasteiger partial charge in [-0.3, -0.25) is 14.6 Å². The summed E-state index contributed by atoms with van der Waals surface area (Å²) in [4.78, 5) is 22.2. The van der Waals surface area contributed by atoms with Crippen molar-refractivity contribution in [2.75, 3.05) is 44.3 Å². The van der Waals surface area contributed by atoms with Gasteiger partial charge in [0, 0.05) is 32.1 Å². The van der Waals surface area contributed by atoms with Gasteiger partial charge in [0.2, 0.25) is 5.91 Å². The number of amides is 1. The van der Waals surface area contributed by atoms with Crippen molar-refractivity contribution in [1.29, 1.82) is 0 Å². The van der Waals surface area contributed by atoms with Crippen molar-refractivity contribution in [1.82, 2.24) is 9.88 Å². The number of benzene rings is 1. The Morgan fingerprint density at radius 3 is 2.81 bits per heavy atom. The number of rotatable bonds is 5. The van der Waals surface area contributed by atoms with E-state index in [9.17, 15) is 4.79 Å². The fourth-order valence-corrected chi connectivity index (χ4v) is 5.07. The number of carbonyl (C=O) groups excluding carboxylic acids is 1. The number of ether oxygens (including phenoxy) is 1. The highest BCUT2D eigenvalue weighted by Crippen LogP contribution is 2.35. The second-order valence-electron chi connectivity index (χ2n) is 7.01. The molecule has 1 amide bonds. The largest absolute Gasteiger partial charge is 0.379 e. The van der Waals surface area contributed by atoms with E-state index in [0.29, 0.717) is 11.6 Å². The molecule has 0 spiro atoms. The van der Waals surface area contributed by atoms with Crippen LogP contribution in [0.25, 0.3) is 10.2 Å². The Kier molecular flexibility index (Phi) is 5.74. The molecule has 1 aromatic heterocycles. The van der Waals surface area contributed by atoms with Crippen LogP contribution < -0.4 is 4.90 Å². The second kappa shape index (κ2) is 8.21. The van der Waals surface area contributed by atoms with Crippen LogP contribution in [0.4, 0.5) is 5.13 Å². The third-order valence-corrected chi connectivity index (χ3v) is 6.65. The lowest BCUT2D eigenvalue weighted by Crippen LogP contribution is -2.44. The number of hydrogen-bond donors (Lipinski definition) is 0. The molecule has 1 aliphatic carbocycles. The fourth-order valence-electron chi connectivity index (χ4n) is 3.78. The monoisotopic (exact) mass is 393 g/mol. The lowest BCUT2D eigenvalue weighted by atomic mass is 10.1. The van der Waals surface area contributed by atoms with E-state index in [4.69, 9.17) is 21.3 Å². The van der Waals surface area contributed by atoms with E-state index in [1.807, 2.05) is 23.1 Å². The zero-order chi connectivity index (χ0) is 17.9. The van der Waals surface area contributed by atoms with Crippen LogP contribution in [0.15, 0.2) is 18.2 Å². The summed E-state index contributed by atoms with van der Waals surface area (Å²) in [6.45, 7) is 4.92. The average molecular weight is 394 g/mol. The number of morpholine rings is 1. The standard InChI is InChI=1S/C19H24ClN3O2S/c20-15-6-3-7-16-17(15)21-19(26-16)23(18(24)14-4-1-2-5-14)9-8-22-10-12-25-13-11-22/h3,6-7,14H,1-2,4-5,8-13H2. The lowest BCUT2D eigenvalue weighted by Gasteiger charge is -2.30. The Hall–Kier alpha value is -1.21. The average Bonchev–Trinajstić information content (AvgIpc) is 3.33. The molecule has 0 N–H and O–H groups in total. The summed E-state index contributed by atoms with van der Waals surface area (Å²) < 4.78 is 6.46. The summed E-state index contributed by atoms with van der Waals surface area (Å²) in [6.07, 6.45) is 4.30. The van der Waals surface area contributed by atoms with Crippen LogP contribution in [0.2, 0.25) is 5.02 Å². The molecule has 1 saturated heterocycles. The molecule has 0 atom stereocenters. The second-order valence-corrected chi connectivity index (χ2v) is 8.42. The van der Waals surface area contributed by atoms with Crippen molar-refractivity contribution in [3.05, 3.63) is 23.2 Å². The summed E-state index contributed by atoms with van der Waals surface area (Å²) in [5, 5.41) is 1.42. The van der Waals surface area contributed by atoms with Crippen molar-refractivity contribution < 1.29 is 9.53 Å². The number of hydrogen-bond acceptors (Lipinski definition) is 5. The van der Waals surface area contributed by atoms with E-state index >= 15 is 0 Å². The van der Waals surface area contributed by atoms with Gasteiger partial charge < -0.3 is 4.74 Å². The van der Waals surface area contributed by atoms with Gasteiger partial charge in [0.1, 0.15) is 5.52 Å².